The van der Waals surface area contributed by atoms with E-state index >= 15 is 0 Å². The molecule has 0 saturated carbocycles. The van der Waals surface area contributed by atoms with Crippen LogP contribution in [0.25, 0.3) is 11.1 Å². The molecule has 0 aromatic heterocycles. The fourth-order valence-corrected chi connectivity index (χ4v) is 2.72. The predicted octanol–water partition coefficient (Wildman–Crippen LogP) is 5.88. The molecule has 142 valence electrons. The van der Waals surface area contributed by atoms with Crippen molar-refractivity contribution in [2.24, 2.45) is 0 Å². The Hall–Kier alpha value is -2.73. The third kappa shape index (κ3) is 7.19. The summed E-state index contributed by atoms with van der Waals surface area (Å²) in [5.41, 5.74) is 2.65. The van der Waals surface area contributed by atoms with Crippen LogP contribution in [0.15, 0.2) is 48.5 Å². The van der Waals surface area contributed by atoms with E-state index in [1.165, 1.54) is 25.7 Å². The van der Waals surface area contributed by atoms with Crippen molar-refractivity contribution in [1.82, 2.24) is 0 Å². The molecule has 2 aromatic carbocycles. The molecule has 3 nitrogen and oxygen atoms in total. The van der Waals surface area contributed by atoms with E-state index in [0.717, 1.165) is 29.9 Å². The van der Waals surface area contributed by atoms with Crippen LogP contribution in [0, 0.1) is 12.3 Å². The minimum Gasteiger partial charge on any atom is -0.494 e. The van der Waals surface area contributed by atoms with Gasteiger partial charge in [-0.2, -0.15) is 0 Å². The Labute approximate surface area is 162 Å². The highest BCUT2D eigenvalue weighted by Gasteiger charge is 2.07. The largest absolute Gasteiger partial charge is 0.494 e. The van der Waals surface area contributed by atoms with Crippen LogP contribution in [0.3, 0.4) is 0 Å². The van der Waals surface area contributed by atoms with Crippen LogP contribution < -0.4 is 4.74 Å². The maximum atomic E-state index is 11.9. The zero-order valence-corrected chi connectivity index (χ0v) is 16.1. The van der Waals surface area contributed by atoms with Crippen molar-refractivity contribution in [3.05, 3.63) is 54.1 Å². The van der Waals surface area contributed by atoms with Crippen molar-refractivity contribution in [3.8, 4) is 29.2 Å². The number of hydrogen-bond acceptors (Lipinski definition) is 3. The first kappa shape index (κ1) is 20.6. The molecule has 0 saturated heterocycles. The molecule has 0 unspecified atom stereocenters. The van der Waals surface area contributed by atoms with Crippen LogP contribution >= 0.6 is 0 Å². The van der Waals surface area contributed by atoms with Crippen LogP contribution in [-0.4, -0.2) is 19.2 Å². The lowest BCUT2D eigenvalue weighted by Gasteiger charge is -2.08. The maximum absolute atomic E-state index is 11.9. The van der Waals surface area contributed by atoms with Crippen LogP contribution in [0.1, 0.15) is 55.8 Å². The van der Waals surface area contributed by atoms with Gasteiger partial charge < -0.3 is 9.47 Å². The van der Waals surface area contributed by atoms with E-state index in [-0.39, 0.29) is 12.6 Å². The average molecular weight is 364 g/mol. The van der Waals surface area contributed by atoms with Crippen molar-refractivity contribution in [2.45, 2.75) is 45.4 Å². The molecule has 0 atom stereocenters. The molecule has 0 aliphatic heterocycles. The number of carbonyl (C=O) groups is 1. The van der Waals surface area contributed by atoms with Gasteiger partial charge in [0.05, 0.1) is 12.2 Å². The van der Waals surface area contributed by atoms with Gasteiger partial charge in [-0.15, -0.1) is 12.3 Å². The van der Waals surface area contributed by atoms with Gasteiger partial charge in [-0.1, -0.05) is 56.9 Å². The summed E-state index contributed by atoms with van der Waals surface area (Å²) in [5, 5.41) is 0. The molecule has 3 heteroatoms. The molecule has 0 N–H and O–H groups in total. The second kappa shape index (κ2) is 11.8. The predicted molar refractivity (Wildman–Crippen MR) is 110 cm³/mol. The summed E-state index contributed by atoms with van der Waals surface area (Å²) in [4.78, 5) is 11.9. The second-order valence-electron chi connectivity index (χ2n) is 6.45. The molecule has 0 radical (unpaired) electrons. The number of hydrogen-bond donors (Lipinski definition) is 0. The Morgan fingerprint density at radius 1 is 0.889 bits per heavy atom. The van der Waals surface area contributed by atoms with Crippen LogP contribution in [0.4, 0.5) is 0 Å². The van der Waals surface area contributed by atoms with Crippen molar-refractivity contribution >= 4 is 5.97 Å². The number of ether oxygens (including phenoxy) is 2. The summed E-state index contributed by atoms with van der Waals surface area (Å²) >= 11 is 0. The molecule has 2 rings (SSSR count). The lowest BCUT2D eigenvalue weighted by Crippen LogP contribution is -2.05. The first-order valence-corrected chi connectivity index (χ1v) is 9.68. The van der Waals surface area contributed by atoms with Gasteiger partial charge >= 0.3 is 5.97 Å². The van der Waals surface area contributed by atoms with E-state index < -0.39 is 0 Å². The Morgan fingerprint density at radius 3 is 2.15 bits per heavy atom. The maximum Gasteiger partial charge on any atom is 0.338 e. The van der Waals surface area contributed by atoms with Gasteiger partial charge in [0, 0.05) is 6.42 Å². The molecule has 0 amide bonds. The number of benzene rings is 2. The lowest BCUT2D eigenvalue weighted by atomic mass is 10.0. The number of esters is 1. The molecule has 0 aliphatic carbocycles. The third-order valence-corrected chi connectivity index (χ3v) is 4.30. The number of carbonyl (C=O) groups excluding carboxylic acids is 1. The molecular formula is C24H28O3. The summed E-state index contributed by atoms with van der Waals surface area (Å²) in [6.45, 7) is 3.23. The van der Waals surface area contributed by atoms with Gasteiger partial charge in [0.15, 0.2) is 0 Å². The topological polar surface area (TPSA) is 35.5 Å². The molecule has 2 aromatic rings. The van der Waals surface area contributed by atoms with Crippen molar-refractivity contribution in [2.75, 3.05) is 13.2 Å². The summed E-state index contributed by atoms with van der Waals surface area (Å²) in [5.74, 6) is 2.99. The number of unbranched alkanes of at least 4 members (excludes halogenated alkanes) is 4. The van der Waals surface area contributed by atoms with Crippen molar-refractivity contribution in [1.29, 1.82) is 0 Å². The molecule has 0 aliphatic rings. The molecule has 0 heterocycles. The fourth-order valence-electron chi connectivity index (χ4n) is 2.72. The summed E-state index contributed by atoms with van der Waals surface area (Å²) in [7, 11) is 0. The zero-order valence-electron chi connectivity index (χ0n) is 16.1. The van der Waals surface area contributed by atoms with Gasteiger partial charge in [0.25, 0.3) is 0 Å². The standard InChI is InChI=1S/C24H28O3/c1-3-5-7-8-9-19-26-23-16-14-21(15-17-23)20-10-12-22(13-11-20)24(25)27-18-6-4-2/h2,10-17H,3,5-9,18-19H2,1H3. The van der Waals surface area contributed by atoms with Gasteiger partial charge in [-0.05, 0) is 41.8 Å². The van der Waals surface area contributed by atoms with Gasteiger partial charge in [-0.3, -0.25) is 0 Å². The van der Waals surface area contributed by atoms with E-state index in [9.17, 15) is 4.79 Å². The van der Waals surface area contributed by atoms with Crippen LogP contribution in [0.2, 0.25) is 0 Å². The summed E-state index contributed by atoms with van der Waals surface area (Å²) < 4.78 is 10.9. The van der Waals surface area contributed by atoms with Crippen molar-refractivity contribution < 1.29 is 14.3 Å². The highest BCUT2D eigenvalue weighted by atomic mass is 16.5. The minimum absolute atomic E-state index is 0.247. The summed E-state index contributed by atoms with van der Waals surface area (Å²) in [6.07, 6.45) is 11.7. The highest BCUT2D eigenvalue weighted by Crippen LogP contribution is 2.23. The van der Waals surface area contributed by atoms with E-state index in [2.05, 4.69) is 12.8 Å². The van der Waals surface area contributed by atoms with Crippen molar-refractivity contribution in [3.63, 3.8) is 0 Å². The van der Waals surface area contributed by atoms with E-state index in [4.69, 9.17) is 15.9 Å². The van der Waals surface area contributed by atoms with E-state index in [1.54, 1.807) is 12.1 Å². The first-order chi connectivity index (χ1) is 13.2. The molecule has 0 spiro atoms. The zero-order chi connectivity index (χ0) is 19.3. The highest BCUT2D eigenvalue weighted by molar-refractivity contribution is 5.90. The smallest absolute Gasteiger partial charge is 0.338 e. The Bertz CT molecular complexity index is 724. The number of terminal acetylenes is 1. The molecule has 27 heavy (non-hydrogen) atoms. The first-order valence-electron chi connectivity index (χ1n) is 9.68. The van der Waals surface area contributed by atoms with Gasteiger partial charge in [0.1, 0.15) is 12.4 Å². The quantitative estimate of drug-likeness (QED) is 0.284. The van der Waals surface area contributed by atoms with Gasteiger partial charge in [-0.25, -0.2) is 4.79 Å². The SMILES string of the molecule is C#CCCOC(=O)c1ccc(-c2ccc(OCCCCCCC)cc2)cc1. The number of rotatable bonds is 11. The monoisotopic (exact) mass is 364 g/mol. The normalized spacial score (nSPS) is 10.2. The third-order valence-electron chi connectivity index (χ3n) is 4.30. The molecule has 0 bridgehead atoms. The summed E-state index contributed by atoms with van der Waals surface area (Å²) in [6, 6.07) is 15.4. The lowest BCUT2D eigenvalue weighted by molar-refractivity contribution is 0.0514. The Kier molecular flexibility index (Phi) is 9.00. The molecular weight excluding hydrogens is 336 g/mol. The van der Waals surface area contributed by atoms with E-state index in [0.29, 0.717) is 12.0 Å². The average Bonchev–Trinajstić information content (AvgIpc) is 2.71. The van der Waals surface area contributed by atoms with Gasteiger partial charge in [0.2, 0.25) is 0 Å². The Morgan fingerprint density at radius 2 is 1.52 bits per heavy atom. The van der Waals surface area contributed by atoms with Crippen LogP contribution in [0.5, 0.6) is 5.75 Å². The molecule has 0 fully saturated rings. The minimum atomic E-state index is -0.348. The van der Waals surface area contributed by atoms with Crippen LogP contribution in [-0.2, 0) is 4.74 Å². The van der Waals surface area contributed by atoms with E-state index in [1.807, 2.05) is 36.4 Å². The Balaban J connectivity index is 1.84. The fraction of sp³-hybridized carbons (Fsp3) is 0.375. The second-order valence-corrected chi connectivity index (χ2v) is 6.45.